The fraction of sp³-hybridized carbons (Fsp3) is 0.789. The number of aromatic nitrogens is 2. The number of hydrogen-bond acceptors (Lipinski definition) is 3. The monoisotopic (exact) mass is 332 g/mol. The molecule has 0 radical (unpaired) electrons. The number of aryl methyl sites for hydroxylation is 1. The van der Waals surface area contributed by atoms with Crippen LogP contribution in [0.4, 0.5) is 5.95 Å². The summed E-state index contributed by atoms with van der Waals surface area (Å²) in [6.07, 6.45) is 12.5. The van der Waals surface area contributed by atoms with E-state index in [1.807, 2.05) is 19.4 Å². The van der Waals surface area contributed by atoms with Crippen LogP contribution in [-0.4, -0.2) is 46.5 Å². The predicted octanol–water partition coefficient (Wildman–Crippen LogP) is 3.07. The molecule has 3 rings (SSSR count). The molecule has 0 N–H and O–H groups in total. The normalized spacial score (nSPS) is 25.1. The van der Waals surface area contributed by atoms with Gasteiger partial charge in [-0.25, -0.2) is 4.98 Å². The summed E-state index contributed by atoms with van der Waals surface area (Å²) < 4.78 is 2.05. The second kappa shape index (κ2) is 8.04. The maximum atomic E-state index is 12.8. The highest BCUT2D eigenvalue weighted by molar-refractivity contribution is 5.79. The van der Waals surface area contributed by atoms with Crippen LogP contribution in [0.25, 0.3) is 0 Å². The molecule has 5 nitrogen and oxygen atoms in total. The maximum absolute atomic E-state index is 12.8. The number of nitrogens with zero attached hydrogens (tertiary/aromatic N) is 4. The van der Waals surface area contributed by atoms with Crippen molar-refractivity contribution in [1.82, 2.24) is 14.5 Å². The molecular weight excluding hydrogens is 300 g/mol. The van der Waals surface area contributed by atoms with Crippen molar-refractivity contribution in [2.75, 3.05) is 31.1 Å². The minimum atomic E-state index is 0.280. The highest BCUT2D eigenvalue weighted by Gasteiger charge is 2.31. The molecule has 5 heteroatoms. The van der Waals surface area contributed by atoms with E-state index >= 15 is 0 Å². The first-order valence-corrected chi connectivity index (χ1v) is 9.70. The predicted molar refractivity (Wildman–Crippen MR) is 97.0 cm³/mol. The Morgan fingerprint density at radius 1 is 1.17 bits per heavy atom. The Labute approximate surface area is 146 Å². The van der Waals surface area contributed by atoms with Gasteiger partial charge < -0.3 is 14.4 Å². The van der Waals surface area contributed by atoms with E-state index in [-0.39, 0.29) is 5.92 Å². The molecule has 1 saturated heterocycles. The van der Waals surface area contributed by atoms with Crippen molar-refractivity contribution < 1.29 is 4.79 Å². The van der Waals surface area contributed by atoms with Gasteiger partial charge in [0.2, 0.25) is 11.9 Å². The largest absolute Gasteiger partial charge is 0.339 e. The Kier molecular flexibility index (Phi) is 5.80. The van der Waals surface area contributed by atoms with Gasteiger partial charge >= 0.3 is 0 Å². The Morgan fingerprint density at radius 2 is 1.88 bits per heavy atom. The molecular formula is C19H32N4O. The number of unbranched alkanes of at least 4 members (excludes halogenated alkanes) is 1. The van der Waals surface area contributed by atoms with Gasteiger partial charge in [0.05, 0.1) is 0 Å². The van der Waals surface area contributed by atoms with Crippen LogP contribution in [0.15, 0.2) is 12.4 Å². The Bertz CT molecular complexity index is 525. The fourth-order valence-corrected chi connectivity index (χ4v) is 4.24. The second-order valence-electron chi connectivity index (χ2n) is 7.51. The van der Waals surface area contributed by atoms with E-state index in [1.54, 1.807) is 0 Å². The zero-order chi connectivity index (χ0) is 16.9. The summed E-state index contributed by atoms with van der Waals surface area (Å²) in [4.78, 5) is 21.6. The molecule has 2 heterocycles. The first-order valence-electron chi connectivity index (χ1n) is 9.70. The molecule has 134 valence electrons. The van der Waals surface area contributed by atoms with Crippen LogP contribution >= 0.6 is 0 Å². The van der Waals surface area contributed by atoms with E-state index in [0.717, 1.165) is 50.9 Å². The molecule has 1 aliphatic heterocycles. The SMILES string of the molecule is CCCCC1CCC(C(=O)N2CCN(c3nccn3C)CC2)CC1. The molecule has 0 aromatic carbocycles. The molecule has 0 unspecified atom stereocenters. The average molecular weight is 332 g/mol. The lowest BCUT2D eigenvalue weighted by molar-refractivity contribution is -0.137. The molecule has 1 amide bonds. The standard InChI is InChI=1S/C19H32N4O/c1-3-4-5-16-6-8-17(9-7-16)18(24)22-12-14-23(15-13-22)19-20-10-11-21(19)2/h10-11,16-17H,3-9,12-15H2,1-2H3. The first kappa shape index (κ1) is 17.3. The van der Waals surface area contributed by atoms with E-state index in [4.69, 9.17) is 0 Å². The summed E-state index contributed by atoms with van der Waals surface area (Å²) in [7, 11) is 2.02. The van der Waals surface area contributed by atoms with Crippen LogP contribution in [0.1, 0.15) is 51.9 Å². The van der Waals surface area contributed by atoms with Crippen molar-refractivity contribution in [3.8, 4) is 0 Å². The molecule has 2 aliphatic rings. The molecule has 0 atom stereocenters. The number of anilines is 1. The summed E-state index contributed by atoms with van der Waals surface area (Å²) in [6.45, 7) is 5.72. The summed E-state index contributed by atoms with van der Waals surface area (Å²) in [5.74, 6) is 2.57. The van der Waals surface area contributed by atoms with Gasteiger partial charge in [-0.3, -0.25) is 4.79 Å². The average Bonchev–Trinajstić information content (AvgIpc) is 3.06. The van der Waals surface area contributed by atoms with E-state index in [2.05, 4.69) is 26.3 Å². The van der Waals surface area contributed by atoms with Gasteiger partial charge in [-0.15, -0.1) is 0 Å². The van der Waals surface area contributed by atoms with Gasteiger partial charge in [-0.2, -0.15) is 0 Å². The first-order chi connectivity index (χ1) is 11.7. The summed E-state index contributed by atoms with van der Waals surface area (Å²) in [6, 6.07) is 0. The van der Waals surface area contributed by atoms with E-state index in [0.29, 0.717) is 5.91 Å². The molecule has 1 aliphatic carbocycles. The number of imidazole rings is 1. The number of rotatable bonds is 5. The smallest absolute Gasteiger partial charge is 0.225 e. The van der Waals surface area contributed by atoms with Gasteiger partial charge in [0.1, 0.15) is 0 Å². The van der Waals surface area contributed by atoms with Crippen molar-refractivity contribution in [3.05, 3.63) is 12.4 Å². The molecule has 1 saturated carbocycles. The number of hydrogen-bond donors (Lipinski definition) is 0. The van der Waals surface area contributed by atoms with Crippen LogP contribution < -0.4 is 4.90 Å². The highest BCUT2D eigenvalue weighted by atomic mass is 16.2. The van der Waals surface area contributed by atoms with Crippen molar-refractivity contribution in [3.63, 3.8) is 0 Å². The quantitative estimate of drug-likeness (QED) is 0.832. The third kappa shape index (κ3) is 3.93. The lowest BCUT2D eigenvalue weighted by Gasteiger charge is -2.38. The minimum absolute atomic E-state index is 0.280. The zero-order valence-corrected chi connectivity index (χ0v) is 15.3. The van der Waals surface area contributed by atoms with E-state index in [9.17, 15) is 4.79 Å². The minimum Gasteiger partial charge on any atom is -0.339 e. The Balaban J connectivity index is 1.45. The van der Waals surface area contributed by atoms with Gasteiger partial charge in [-0.05, 0) is 31.6 Å². The topological polar surface area (TPSA) is 41.4 Å². The molecule has 2 fully saturated rings. The third-order valence-corrected chi connectivity index (χ3v) is 5.83. The maximum Gasteiger partial charge on any atom is 0.225 e. The van der Waals surface area contributed by atoms with E-state index in [1.165, 1.54) is 32.1 Å². The summed E-state index contributed by atoms with van der Waals surface area (Å²) >= 11 is 0. The van der Waals surface area contributed by atoms with Crippen molar-refractivity contribution in [2.45, 2.75) is 51.9 Å². The Hall–Kier alpha value is -1.52. The molecule has 1 aromatic heterocycles. The molecule has 0 bridgehead atoms. The van der Waals surface area contributed by atoms with Crippen LogP contribution in [0.3, 0.4) is 0 Å². The molecule has 24 heavy (non-hydrogen) atoms. The van der Waals surface area contributed by atoms with Crippen LogP contribution in [0.5, 0.6) is 0 Å². The van der Waals surface area contributed by atoms with Gasteiger partial charge in [0.25, 0.3) is 0 Å². The number of carbonyl (C=O) groups is 1. The van der Waals surface area contributed by atoms with Gasteiger partial charge in [-0.1, -0.05) is 26.2 Å². The van der Waals surface area contributed by atoms with Crippen LogP contribution in [0.2, 0.25) is 0 Å². The number of amides is 1. The summed E-state index contributed by atoms with van der Waals surface area (Å²) in [5.41, 5.74) is 0. The number of carbonyl (C=O) groups excluding carboxylic acids is 1. The van der Waals surface area contributed by atoms with Gasteiger partial charge in [0.15, 0.2) is 0 Å². The van der Waals surface area contributed by atoms with Crippen molar-refractivity contribution in [1.29, 1.82) is 0 Å². The zero-order valence-electron chi connectivity index (χ0n) is 15.3. The van der Waals surface area contributed by atoms with E-state index < -0.39 is 0 Å². The summed E-state index contributed by atoms with van der Waals surface area (Å²) in [5, 5.41) is 0. The highest BCUT2D eigenvalue weighted by Crippen LogP contribution is 2.33. The van der Waals surface area contributed by atoms with Crippen LogP contribution in [0, 0.1) is 11.8 Å². The molecule has 0 spiro atoms. The lowest BCUT2D eigenvalue weighted by Crippen LogP contribution is -2.51. The number of piperazine rings is 1. The molecule has 1 aromatic rings. The van der Waals surface area contributed by atoms with Crippen molar-refractivity contribution >= 4 is 11.9 Å². The lowest BCUT2D eigenvalue weighted by atomic mass is 9.79. The third-order valence-electron chi connectivity index (χ3n) is 5.83. The van der Waals surface area contributed by atoms with Crippen molar-refractivity contribution in [2.24, 2.45) is 18.9 Å². The van der Waals surface area contributed by atoms with Crippen LogP contribution in [-0.2, 0) is 11.8 Å². The Morgan fingerprint density at radius 3 is 2.46 bits per heavy atom. The second-order valence-corrected chi connectivity index (χ2v) is 7.51. The van der Waals surface area contributed by atoms with Gasteiger partial charge in [0, 0.05) is 51.5 Å². The fourth-order valence-electron chi connectivity index (χ4n) is 4.24.